The summed E-state index contributed by atoms with van der Waals surface area (Å²) in [6.07, 6.45) is 1.43. The minimum Gasteiger partial charge on any atom is -0.497 e. The molecule has 0 aromatic heterocycles. The second-order valence-corrected chi connectivity index (χ2v) is 8.93. The van der Waals surface area contributed by atoms with Gasteiger partial charge in [-0.15, -0.1) is 0 Å². The first-order valence-electron chi connectivity index (χ1n) is 9.31. The Kier molecular flexibility index (Phi) is 6.95. The molecule has 0 aliphatic carbocycles. The maximum Gasteiger partial charge on any atom is 0.271 e. The van der Waals surface area contributed by atoms with E-state index in [4.69, 9.17) is 25.8 Å². The van der Waals surface area contributed by atoms with E-state index in [0.717, 1.165) is 0 Å². The number of hydrogen-bond donors (Lipinski definition) is 1. The molecule has 0 atom stereocenters. The largest absolute Gasteiger partial charge is 0.497 e. The van der Waals surface area contributed by atoms with Crippen LogP contribution in [0.3, 0.4) is 0 Å². The smallest absolute Gasteiger partial charge is 0.271 e. The van der Waals surface area contributed by atoms with Crippen molar-refractivity contribution < 1.29 is 32.2 Å². The van der Waals surface area contributed by atoms with Crippen LogP contribution in [0.2, 0.25) is 5.02 Å². The quantitative estimate of drug-likeness (QED) is 0.630. The van der Waals surface area contributed by atoms with Crippen LogP contribution in [0.5, 0.6) is 17.2 Å². The van der Waals surface area contributed by atoms with Crippen LogP contribution in [0, 0.1) is 0 Å². The summed E-state index contributed by atoms with van der Waals surface area (Å²) in [4.78, 5) is 25.3. The third-order valence-electron chi connectivity index (χ3n) is 4.72. The minimum absolute atomic E-state index is 0.00490. The molecule has 0 spiro atoms. The number of ether oxygens (including phenoxy) is 3. The summed E-state index contributed by atoms with van der Waals surface area (Å²) in [7, 11) is -0.343. The summed E-state index contributed by atoms with van der Waals surface area (Å²) in [6, 6.07) is 8.95. The highest BCUT2D eigenvalue weighted by Gasteiger charge is 2.37. The number of nitrogens with one attached hydrogen (secondary N) is 1. The predicted molar refractivity (Wildman–Crippen MR) is 117 cm³/mol. The zero-order chi connectivity index (χ0) is 23.5. The Labute approximate surface area is 190 Å². The summed E-state index contributed by atoms with van der Waals surface area (Å²) >= 11 is 6.05. The van der Waals surface area contributed by atoms with E-state index in [1.54, 1.807) is 18.2 Å². The standard InChI is InChI=1S/C21H21ClN2O7S/c1-29-16-5-7-18(31-3)19(10-16)32(27,28)24-12-20(25)23-11-14(21(24)26)8-13-9-15(22)4-6-17(13)30-2/h4-10H,11-12H2,1-3H3,(H,23,25)/b14-8+. The third-order valence-corrected chi connectivity index (χ3v) is 6.71. The van der Waals surface area contributed by atoms with Gasteiger partial charge >= 0.3 is 0 Å². The number of amides is 2. The molecule has 1 heterocycles. The topological polar surface area (TPSA) is 111 Å². The summed E-state index contributed by atoms with van der Waals surface area (Å²) < 4.78 is 42.9. The number of halogens is 1. The van der Waals surface area contributed by atoms with Crippen molar-refractivity contribution in [2.75, 3.05) is 34.4 Å². The Hall–Kier alpha value is -3.24. The maximum atomic E-state index is 13.4. The summed E-state index contributed by atoms with van der Waals surface area (Å²) in [5.74, 6) is -0.824. The molecule has 0 saturated carbocycles. The van der Waals surface area contributed by atoms with Crippen molar-refractivity contribution in [3.05, 3.63) is 52.6 Å². The van der Waals surface area contributed by atoms with Gasteiger partial charge in [0.2, 0.25) is 5.91 Å². The van der Waals surface area contributed by atoms with Crippen LogP contribution in [0.4, 0.5) is 0 Å². The second-order valence-electron chi connectivity index (χ2n) is 6.67. The van der Waals surface area contributed by atoms with E-state index in [-0.39, 0.29) is 28.5 Å². The van der Waals surface area contributed by atoms with Crippen LogP contribution in [0.1, 0.15) is 5.56 Å². The molecular weight excluding hydrogens is 460 g/mol. The maximum absolute atomic E-state index is 13.4. The fraction of sp³-hybridized carbons (Fsp3) is 0.238. The Morgan fingerprint density at radius 3 is 2.34 bits per heavy atom. The van der Waals surface area contributed by atoms with Gasteiger partial charge in [-0.05, 0) is 36.4 Å². The van der Waals surface area contributed by atoms with Crippen molar-refractivity contribution in [2.45, 2.75) is 4.90 Å². The molecule has 1 aliphatic rings. The lowest BCUT2D eigenvalue weighted by Crippen LogP contribution is -2.40. The van der Waals surface area contributed by atoms with Crippen LogP contribution in [-0.4, -0.2) is 59.0 Å². The van der Waals surface area contributed by atoms with Gasteiger partial charge in [0.25, 0.3) is 15.9 Å². The first kappa shape index (κ1) is 23.4. The van der Waals surface area contributed by atoms with E-state index in [0.29, 0.717) is 20.6 Å². The molecule has 1 fully saturated rings. The van der Waals surface area contributed by atoms with Gasteiger partial charge < -0.3 is 19.5 Å². The van der Waals surface area contributed by atoms with Crippen molar-refractivity contribution in [1.29, 1.82) is 0 Å². The highest BCUT2D eigenvalue weighted by molar-refractivity contribution is 7.89. The summed E-state index contributed by atoms with van der Waals surface area (Å²) in [5.41, 5.74) is 0.484. The molecule has 0 radical (unpaired) electrons. The first-order valence-corrected chi connectivity index (χ1v) is 11.1. The molecule has 2 aromatic rings. The van der Waals surface area contributed by atoms with Crippen LogP contribution in [0.25, 0.3) is 6.08 Å². The van der Waals surface area contributed by atoms with Crippen LogP contribution in [-0.2, 0) is 19.6 Å². The van der Waals surface area contributed by atoms with Gasteiger partial charge in [0.15, 0.2) is 0 Å². The van der Waals surface area contributed by atoms with Crippen molar-refractivity contribution in [2.24, 2.45) is 0 Å². The molecule has 2 aromatic carbocycles. The fourth-order valence-electron chi connectivity index (χ4n) is 3.10. The molecule has 3 rings (SSSR count). The van der Waals surface area contributed by atoms with Gasteiger partial charge in [0.05, 0.1) is 21.3 Å². The lowest BCUT2D eigenvalue weighted by atomic mass is 10.1. The average molecular weight is 481 g/mol. The van der Waals surface area contributed by atoms with Crippen LogP contribution in [0.15, 0.2) is 46.9 Å². The van der Waals surface area contributed by atoms with E-state index in [2.05, 4.69) is 5.32 Å². The first-order chi connectivity index (χ1) is 15.2. The number of nitrogens with zero attached hydrogens (tertiary/aromatic N) is 1. The number of hydrogen-bond acceptors (Lipinski definition) is 7. The number of benzene rings is 2. The highest BCUT2D eigenvalue weighted by atomic mass is 35.5. The van der Waals surface area contributed by atoms with Gasteiger partial charge in [0, 0.05) is 28.8 Å². The number of carbonyl (C=O) groups is 2. The Morgan fingerprint density at radius 1 is 1.00 bits per heavy atom. The number of carbonyl (C=O) groups excluding carboxylic acids is 2. The molecular formula is C21H21ClN2O7S. The van der Waals surface area contributed by atoms with Gasteiger partial charge in [-0.25, -0.2) is 12.7 Å². The van der Waals surface area contributed by atoms with E-state index in [9.17, 15) is 18.0 Å². The van der Waals surface area contributed by atoms with E-state index in [1.165, 1.54) is 45.6 Å². The lowest BCUT2D eigenvalue weighted by molar-refractivity contribution is -0.127. The minimum atomic E-state index is -4.47. The Bertz CT molecular complexity index is 1190. The molecule has 11 heteroatoms. The third kappa shape index (κ3) is 4.66. The van der Waals surface area contributed by atoms with Crippen molar-refractivity contribution in [3.8, 4) is 17.2 Å². The molecule has 9 nitrogen and oxygen atoms in total. The van der Waals surface area contributed by atoms with Gasteiger partial charge in [0.1, 0.15) is 28.7 Å². The molecule has 32 heavy (non-hydrogen) atoms. The predicted octanol–water partition coefficient (Wildman–Crippen LogP) is 2.10. The van der Waals surface area contributed by atoms with E-state index >= 15 is 0 Å². The normalized spacial score (nSPS) is 15.9. The van der Waals surface area contributed by atoms with Gasteiger partial charge in [-0.2, -0.15) is 0 Å². The molecule has 2 amide bonds. The monoisotopic (exact) mass is 480 g/mol. The molecule has 0 unspecified atom stereocenters. The fourth-order valence-corrected chi connectivity index (χ4v) is 4.82. The van der Waals surface area contributed by atoms with Crippen molar-refractivity contribution in [1.82, 2.24) is 9.62 Å². The number of sulfonamides is 1. The highest BCUT2D eigenvalue weighted by Crippen LogP contribution is 2.32. The Balaban J connectivity index is 2.12. The molecule has 1 aliphatic heterocycles. The molecule has 1 saturated heterocycles. The number of methoxy groups -OCH3 is 3. The van der Waals surface area contributed by atoms with Crippen molar-refractivity contribution in [3.63, 3.8) is 0 Å². The Morgan fingerprint density at radius 2 is 1.69 bits per heavy atom. The van der Waals surface area contributed by atoms with Gasteiger partial charge in [-0.3, -0.25) is 9.59 Å². The molecule has 170 valence electrons. The van der Waals surface area contributed by atoms with Crippen molar-refractivity contribution >= 4 is 39.5 Å². The lowest BCUT2D eigenvalue weighted by Gasteiger charge is -2.21. The average Bonchev–Trinajstić information content (AvgIpc) is 2.92. The van der Waals surface area contributed by atoms with Crippen LogP contribution >= 0.6 is 11.6 Å². The summed E-state index contributed by atoms with van der Waals surface area (Å²) in [6.45, 7) is -0.861. The van der Waals surface area contributed by atoms with Crippen LogP contribution < -0.4 is 19.5 Å². The number of rotatable bonds is 6. The van der Waals surface area contributed by atoms with Gasteiger partial charge in [-0.1, -0.05) is 11.6 Å². The summed E-state index contributed by atoms with van der Waals surface area (Å²) in [5, 5.41) is 2.93. The van der Waals surface area contributed by atoms with E-state index in [1.807, 2.05) is 0 Å². The second kappa shape index (κ2) is 9.49. The molecule has 0 bridgehead atoms. The SMILES string of the molecule is COc1ccc(OC)c(S(=O)(=O)N2CC(=O)NC/C(=C\c3cc(Cl)ccc3OC)C2=O)c1. The van der Waals surface area contributed by atoms with E-state index < -0.39 is 28.4 Å². The molecule has 1 N–H and O–H groups in total. The zero-order valence-electron chi connectivity index (χ0n) is 17.5. The zero-order valence-corrected chi connectivity index (χ0v) is 19.1.